The lowest BCUT2D eigenvalue weighted by Gasteiger charge is -2.37. The molecule has 1 aliphatic carbocycles. The summed E-state index contributed by atoms with van der Waals surface area (Å²) in [7, 11) is 1.77. The molecule has 0 radical (unpaired) electrons. The standard InChI is InChI=1S/C9H18BrNO/c1-12-8-7-11(6-5-10)9-3-2-4-9/h9H,2-8H2,1H3. The van der Waals surface area contributed by atoms with Crippen molar-refractivity contribution in [3.05, 3.63) is 0 Å². The molecule has 0 atom stereocenters. The molecule has 0 aromatic heterocycles. The van der Waals surface area contributed by atoms with Crippen LogP contribution in [0.1, 0.15) is 19.3 Å². The highest BCUT2D eigenvalue weighted by Gasteiger charge is 2.23. The number of ether oxygens (including phenoxy) is 1. The first-order chi connectivity index (χ1) is 5.88. The average molecular weight is 236 g/mol. The fourth-order valence-electron chi connectivity index (χ4n) is 1.55. The van der Waals surface area contributed by atoms with E-state index in [9.17, 15) is 0 Å². The Hall–Kier alpha value is 0.400. The van der Waals surface area contributed by atoms with E-state index in [1.54, 1.807) is 7.11 Å². The SMILES string of the molecule is COCCN(CCBr)C1CCC1. The van der Waals surface area contributed by atoms with Crippen LogP contribution in [0, 0.1) is 0 Å². The fraction of sp³-hybridized carbons (Fsp3) is 1.00. The van der Waals surface area contributed by atoms with Gasteiger partial charge in [0.1, 0.15) is 0 Å². The maximum Gasteiger partial charge on any atom is 0.0589 e. The minimum Gasteiger partial charge on any atom is -0.383 e. The van der Waals surface area contributed by atoms with Crippen molar-refractivity contribution in [2.45, 2.75) is 25.3 Å². The third kappa shape index (κ3) is 3.04. The average Bonchev–Trinajstić information content (AvgIpc) is 1.97. The van der Waals surface area contributed by atoms with Crippen molar-refractivity contribution >= 4 is 15.9 Å². The van der Waals surface area contributed by atoms with Gasteiger partial charge >= 0.3 is 0 Å². The first-order valence-electron chi connectivity index (χ1n) is 4.67. The summed E-state index contributed by atoms with van der Waals surface area (Å²) in [5.74, 6) is 0. The maximum atomic E-state index is 5.08. The summed E-state index contributed by atoms with van der Waals surface area (Å²) >= 11 is 3.48. The lowest BCUT2D eigenvalue weighted by atomic mass is 9.91. The summed E-state index contributed by atoms with van der Waals surface area (Å²) in [6.07, 6.45) is 4.18. The van der Waals surface area contributed by atoms with Gasteiger partial charge in [-0.05, 0) is 12.8 Å². The van der Waals surface area contributed by atoms with Gasteiger partial charge in [-0.15, -0.1) is 0 Å². The zero-order chi connectivity index (χ0) is 8.81. The predicted molar refractivity (Wildman–Crippen MR) is 54.9 cm³/mol. The Labute approximate surface area is 83.4 Å². The van der Waals surface area contributed by atoms with Crippen molar-refractivity contribution in [3.63, 3.8) is 0 Å². The van der Waals surface area contributed by atoms with Crippen molar-refractivity contribution in [1.82, 2.24) is 4.90 Å². The second-order valence-electron chi connectivity index (χ2n) is 3.30. The molecule has 1 fully saturated rings. The van der Waals surface area contributed by atoms with Crippen molar-refractivity contribution in [3.8, 4) is 0 Å². The number of hydrogen-bond donors (Lipinski definition) is 0. The molecule has 0 N–H and O–H groups in total. The monoisotopic (exact) mass is 235 g/mol. The van der Waals surface area contributed by atoms with Gasteiger partial charge in [0.15, 0.2) is 0 Å². The molecule has 1 rings (SSSR count). The van der Waals surface area contributed by atoms with Gasteiger partial charge in [-0.1, -0.05) is 22.4 Å². The van der Waals surface area contributed by atoms with E-state index in [4.69, 9.17) is 4.74 Å². The van der Waals surface area contributed by atoms with Crippen LogP contribution in [0.3, 0.4) is 0 Å². The van der Waals surface area contributed by atoms with Gasteiger partial charge in [0.25, 0.3) is 0 Å². The Morgan fingerprint density at radius 3 is 2.58 bits per heavy atom. The molecule has 0 spiro atoms. The van der Waals surface area contributed by atoms with Crippen LogP contribution in [-0.4, -0.2) is 43.1 Å². The summed E-state index contributed by atoms with van der Waals surface area (Å²) in [6, 6.07) is 0.845. The Kier molecular flexibility index (Phi) is 5.19. The number of halogens is 1. The molecule has 72 valence electrons. The number of hydrogen-bond acceptors (Lipinski definition) is 2. The Bertz CT molecular complexity index is 117. The van der Waals surface area contributed by atoms with Crippen LogP contribution < -0.4 is 0 Å². The molecule has 0 heterocycles. The molecule has 1 aliphatic rings. The summed E-state index contributed by atoms with van der Waals surface area (Å²) in [6.45, 7) is 3.12. The van der Waals surface area contributed by atoms with E-state index in [0.717, 1.165) is 31.1 Å². The fourth-order valence-corrected chi connectivity index (χ4v) is 2.00. The highest BCUT2D eigenvalue weighted by Crippen LogP contribution is 2.24. The smallest absolute Gasteiger partial charge is 0.0589 e. The zero-order valence-electron chi connectivity index (χ0n) is 7.76. The van der Waals surface area contributed by atoms with E-state index in [1.165, 1.54) is 19.3 Å². The topological polar surface area (TPSA) is 12.5 Å². The van der Waals surface area contributed by atoms with Gasteiger partial charge in [0, 0.05) is 31.6 Å². The molecule has 2 nitrogen and oxygen atoms in total. The zero-order valence-corrected chi connectivity index (χ0v) is 9.35. The molecule has 0 bridgehead atoms. The third-order valence-corrected chi connectivity index (χ3v) is 2.90. The van der Waals surface area contributed by atoms with Gasteiger partial charge in [-0.3, -0.25) is 4.90 Å². The number of alkyl halides is 1. The van der Waals surface area contributed by atoms with Gasteiger partial charge in [0.05, 0.1) is 6.61 Å². The van der Waals surface area contributed by atoms with Gasteiger partial charge < -0.3 is 4.74 Å². The summed E-state index contributed by atoms with van der Waals surface area (Å²) in [4.78, 5) is 2.53. The van der Waals surface area contributed by atoms with Gasteiger partial charge in [-0.2, -0.15) is 0 Å². The Morgan fingerprint density at radius 2 is 2.17 bits per heavy atom. The molecule has 0 aromatic rings. The second-order valence-corrected chi connectivity index (χ2v) is 4.10. The molecule has 0 aromatic carbocycles. The maximum absolute atomic E-state index is 5.08. The quantitative estimate of drug-likeness (QED) is 0.653. The molecular formula is C9H18BrNO. The second kappa shape index (κ2) is 5.95. The first kappa shape index (κ1) is 10.5. The van der Waals surface area contributed by atoms with Crippen molar-refractivity contribution in [1.29, 1.82) is 0 Å². The minimum atomic E-state index is 0.845. The van der Waals surface area contributed by atoms with Crippen LogP contribution in [0.15, 0.2) is 0 Å². The molecule has 0 unspecified atom stereocenters. The highest BCUT2D eigenvalue weighted by molar-refractivity contribution is 9.09. The summed E-state index contributed by atoms with van der Waals surface area (Å²) < 4.78 is 5.08. The van der Waals surface area contributed by atoms with Crippen LogP contribution >= 0.6 is 15.9 Å². The normalized spacial score (nSPS) is 18.2. The largest absolute Gasteiger partial charge is 0.383 e. The molecule has 1 saturated carbocycles. The summed E-state index contributed by atoms with van der Waals surface area (Å²) in [5, 5.41) is 1.08. The van der Waals surface area contributed by atoms with Crippen LogP contribution in [0.2, 0.25) is 0 Å². The van der Waals surface area contributed by atoms with Crippen LogP contribution in [0.5, 0.6) is 0 Å². The van der Waals surface area contributed by atoms with E-state index >= 15 is 0 Å². The lowest BCUT2D eigenvalue weighted by Crippen LogP contribution is -2.42. The molecule has 12 heavy (non-hydrogen) atoms. The van der Waals surface area contributed by atoms with Crippen LogP contribution in [0.4, 0.5) is 0 Å². The number of rotatable bonds is 6. The molecule has 0 saturated heterocycles. The Morgan fingerprint density at radius 1 is 1.42 bits per heavy atom. The Balaban J connectivity index is 2.17. The van der Waals surface area contributed by atoms with E-state index in [2.05, 4.69) is 20.8 Å². The molecule has 0 aliphatic heterocycles. The van der Waals surface area contributed by atoms with Crippen molar-refractivity contribution in [2.24, 2.45) is 0 Å². The number of nitrogens with zero attached hydrogens (tertiary/aromatic N) is 1. The lowest BCUT2D eigenvalue weighted by molar-refractivity contribution is 0.0906. The highest BCUT2D eigenvalue weighted by atomic mass is 79.9. The van der Waals surface area contributed by atoms with Gasteiger partial charge in [0.2, 0.25) is 0 Å². The van der Waals surface area contributed by atoms with Crippen molar-refractivity contribution < 1.29 is 4.74 Å². The van der Waals surface area contributed by atoms with Crippen LogP contribution in [0.25, 0.3) is 0 Å². The van der Waals surface area contributed by atoms with E-state index in [-0.39, 0.29) is 0 Å². The van der Waals surface area contributed by atoms with Crippen molar-refractivity contribution in [2.75, 3.05) is 32.1 Å². The van der Waals surface area contributed by atoms with E-state index in [0.29, 0.717) is 0 Å². The molecule has 0 amide bonds. The predicted octanol–water partition coefficient (Wildman–Crippen LogP) is 1.88. The molecular weight excluding hydrogens is 218 g/mol. The van der Waals surface area contributed by atoms with Gasteiger partial charge in [-0.25, -0.2) is 0 Å². The van der Waals surface area contributed by atoms with Crippen LogP contribution in [-0.2, 0) is 4.74 Å². The number of methoxy groups -OCH3 is 1. The van der Waals surface area contributed by atoms with E-state index < -0.39 is 0 Å². The first-order valence-corrected chi connectivity index (χ1v) is 5.79. The van der Waals surface area contributed by atoms with E-state index in [1.807, 2.05) is 0 Å². The molecule has 3 heteroatoms. The minimum absolute atomic E-state index is 0.845. The summed E-state index contributed by atoms with van der Waals surface area (Å²) in [5.41, 5.74) is 0. The third-order valence-electron chi connectivity index (χ3n) is 2.55.